The molecule has 1 atom stereocenters. The summed E-state index contributed by atoms with van der Waals surface area (Å²) in [5.41, 5.74) is 1.37. The summed E-state index contributed by atoms with van der Waals surface area (Å²) in [5.74, 6) is -2.66. The van der Waals surface area contributed by atoms with Crippen LogP contribution in [0, 0.1) is 0 Å². The monoisotopic (exact) mass is 267 g/mol. The van der Waals surface area contributed by atoms with E-state index in [2.05, 4.69) is 10.3 Å². The molecule has 0 spiro atoms. The van der Waals surface area contributed by atoms with Gasteiger partial charge < -0.3 is 9.73 Å². The highest BCUT2D eigenvalue weighted by atomic mass is 19.3. The number of fused-ring (bicyclic) bond motifs is 1. The molecule has 1 aliphatic heterocycles. The fourth-order valence-corrected chi connectivity index (χ4v) is 2.41. The summed E-state index contributed by atoms with van der Waals surface area (Å²) in [4.78, 5) is 5.87. The Labute approximate surface area is 109 Å². The third-order valence-corrected chi connectivity index (χ3v) is 3.56. The van der Waals surface area contributed by atoms with E-state index in [1.807, 2.05) is 18.2 Å². The minimum absolute atomic E-state index is 0.0938. The van der Waals surface area contributed by atoms with Gasteiger partial charge in [-0.1, -0.05) is 12.1 Å². The number of para-hydroxylation sites is 2. The second kappa shape index (κ2) is 4.45. The maximum atomic E-state index is 13.6. The number of alkyl halides is 2. The van der Waals surface area contributed by atoms with Crippen LogP contribution in [0.1, 0.15) is 6.42 Å². The quantitative estimate of drug-likeness (QED) is 0.928. The third kappa shape index (κ3) is 2.28. The fraction of sp³-hybridized carbons (Fsp3) is 0.462. The molecule has 0 bridgehead atoms. The predicted octanol–water partition coefficient (Wildman–Crippen LogP) is 2.58. The number of hydrogen-bond donors (Lipinski definition) is 1. The Kier molecular flexibility index (Phi) is 2.89. The number of hydrogen-bond acceptors (Lipinski definition) is 4. The Hall–Kier alpha value is -1.69. The Bertz CT molecular complexity index is 551. The molecular formula is C13H15F2N3O. The van der Waals surface area contributed by atoms with E-state index in [9.17, 15) is 8.78 Å². The smallest absolute Gasteiger partial charge is 0.295 e. The highest BCUT2D eigenvalue weighted by Gasteiger charge is 2.47. The van der Waals surface area contributed by atoms with Crippen LogP contribution in [0.5, 0.6) is 0 Å². The van der Waals surface area contributed by atoms with E-state index in [4.69, 9.17) is 4.42 Å². The molecule has 1 N–H and O–H groups in total. The van der Waals surface area contributed by atoms with Crippen LogP contribution < -0.4 is 5.32 Å². The number of benzene rings is 1. The number of aromatic nitrogens is 1. The number of nitrogens with zero attached hydrogens (tertiary/aromatic N) is 2. The molecule has 1 aromatic heterocycles. The van der Waals surface area contributed by atoms with Crippen molar-refractivity contribution in [2.24, 2.45) is 0 Å². The largest absolute Gasteiger partial charge is 0.424 e. The number of nitrogens with one attached hydrogen (secondary N) is 1. The molecule has 4 nitrogen and oxygen atoms in total. The Morgan fingerprint density at radius 3 is 2.95 bits per heavy atom. The minimum Gasteiger partial charge on any atom is -0.424 e. The summed E-state index contributed by atoms with van der Waals surface area (Å²) in [6.07, 6.45) is -0.0938. The molecule has 1 unspecified atom stereocenters. The molecule has 0 saturated carbocycles. The van der Waals surface area contributed by atoms with Gasteiger partial charge in [-0.15, -0.1) is 0 Å². The van der Waals surface area contributed by atoms with Crippen molar-refractivity contribution in [2.75, 3.05) is 25.5 Å². The zero-order chi connectivity index (χ0) is 13.5. The molecule has 3 rings (SSSR count). The van der Waals surface area contributed by atoms with Crippen LogP contribution in [0.2, 0.25) is 0 Å². The van der Waals surface area contributed by atoms with E-state index >= 15 is 0 Å². The second-order valence-electron chi connectivity index (χ2n) is 4.88. The first-order valence-corrected chi connectivity index (χ1v) is 6.24. The van der Waals surface area contributed by atoms with Crippen LogP contribution in [-0.2, 0) is 0 Å². The maximum absolute atomic E-state index is 13.6. The molecule has 1 saturated heterocycles. The van der Waals surface area contributed by atoms with Gasteiger partial charge >= 0.3 is 0 Å². The SMILES string of the molecule is CN1CCC(F)(F)C1CNc1nc2ccccc2o1. The molecule has 2 heterocycles. The molecule has 2 aromatic rings. The summed E-state index contributed by atoms with van der Waals surface area (Å²) in [6.45, 7) is 0.531. The molecule has 6 heteroatoms. The van der Waals surface area contributed by atoms with E-state index in [0.29, 0.717) is 12.1 Å². The van der Waals surface area contributed by atoms with Crippen molar-refractivity contribution in [3.63, 3.8) is 0 Å². The summed E-state index contributed by atoms with van der Waals surface area (Å²) < 4.78 is 32.7. The summed E-state index contributed by atoms with van der Waals surface area (Å²) in [5, 5.41) is 2.86. The van der Waals surface area contributed by atoms with E-state index in [-0.39, 0.29) is 19.0 Å². The number of likely N-dealkylation sites (N-methyl/N-ethyl adjacent to an activating group) is 1. The normalized spacial score (nSPS) is 23.0. The van der Waals surface area contributed by atoms with Crippen molar-refractivity contribution in [3.05, 3.63) is 24.3 Å². The lowest BCUT2D eigenvalue weighted by Crippen LogP contribution is -2.42. The summed E-state index contributed by atoms with van der Waals surface area (Å²) in [7, 11) is 1.71. The number of oxazole rings is 1. The third-order valence-electron chi connectivity index (χ3n) is 3.56. The lowest BCUT2D eigenvalue weighted by molar-refractivity contribution is -0.0240. The van der Waals surface area contributed by atoms with E-state index in [1.54, 1.807) is 18.0 Å². The van der Waals surface area contributed by atoms with Crippen molar-refractivity contribution in [3.8, 4) is 0 Å². The van der Waals surface area contributed by atoms with Crippen molar-refractivity contribution in [1.82, 2.24) is 9.88 Å². The number of anilines is 1. The van der Waals surface area contributed by atoms with Gasteiger partial charge in [0.05, 0.1) is 6.04 Å². The average Bonchev–Trinajstić information content (AvgIpc) is 2.89. The molecule has 1 aromatic carbocycles. The summed E-state index contributed by atoms with van der Waals surface area (Å²) >= 11 is 0. The van der Waals surface area contributed by atoms with Gasteiger partial charge in [0, 0.05) is 19.5 Å². The van der Waals surface area contributed by atoms with Gasteiger partial charge in [-0.3, -0.25) is 4.90 Å². The minimum atomic E-state index is -2.66. The molecule has 0 radical (unpaired) electrons. The fourth-order valence-electron chi connectivity index (χ4n) is 2.41. The molecule has 0 amide bonds. The number of rotatable bonds is 3. The molecular weight excluding hydrogens is 252 g/mol. The van der Waals surface area contributed by atoms with Gasteiger partial charge in [0.1, 0.15) is 5.52 Å². The van der Waals surface area contributed by atoms with E-state index < -0.39 is 12.0 Å². The topological polar surface area (TPSA) is 41.3 Å². The molecule has 102 valence electrons. The van der Waals surface area contributed by atoms with Crippen LogP contribution in [0.25, 0.3) is 11.1 Å². The average molecular weight is 267 g/mol. The Balaban J connectivity index is 1.72. The van der Waals surface area contributed by atoms with Crippen molar-refractivity contribution in [1.29, 1.82) is 0 Å². The van der Waals surface area contributed by atoms with Crippen molar-refractivity contribution >= 4 is 17.1 Å². The van der Waals surface area contributed by atoms with E-state index in [1.165, 1.54) is 0 Å². The van der Waals surface area contributed by atoms with Crippen LogP contribution in [0.15, 0.2) is 28.7 Å². The first-order valence-electron chi connectivity index (χ1n) is 6.24. The lowest BCUT2D eigenvalue weighted by atomic mass is 10.1. The first kappa shape index (κ1) is 12.3. The van der Waals surface area contributed by atoms with Gasteiger partial charge in [-0.2, -0.15) is 4.98 Å². The van der Waals surface area contributed by atoms with Gasteiger partial charge in [0.2, 0.25) is 0 Å². The van der Waals surface area contributed by atoms with Gasteiger partial charge in [-0.25, -0.2) is 8.78 Å². The van der Waals surface area contributed by atoms with Crippen molar-refractivity contribution < 1.29 is 13.2 Å². The molecule has 1 aliphatic rings. The zero-order valence-corrected chi connectivity index (χ0v) is 10.6. The highest BCUT2D eigenvalue weighted by molar-refractivity contribution is 5.74. The standard InChI is InChI=1S/C13H15F2N3O/c1-18-7-6-13(14,15)11(18)8-16-12-17-9-4-2-3-5-10(9)19-12/h2-5,11H,6-8H2,1H3,(H,16,17). The summed E-state index contributed by atoms with van der Waals surface area (Å²) in [6, 6.07) is 6.79. The second-order valence-corrected chi connectivity index (χ2v) is 4.88. The lowest BCUT2D eigenvalue weighted by Gasteiger charge is -2.24. The van der Waals surface area contributed by atoms with Crippen LogP contribution >= 0.6 is 0 Å². The predicted molar refractivity (Wildman–Crippen MR) is 68.5 cm³/mol. The van der Waals surface area contributed by atoms with Gasteiger partial charge in [-0.05, 0) is 19.2 Å². The molecule has 1 fully saturated rings. The van der Waals surface area contributed by atoms with Gasteiger partial charge in [0.25, 0.3) is 11.9 Å². The Morgan fingerprint density at radius 1 is 1.47 bits per heavy atom. The van der Waals surface area contributed by atoms with Crippen molar-refractivity contribution in [2.45, 2.75) is 18.4 Å². The highest BCUT2D eigenvalue weighted by Crippen LogP contribution is 2.33. The van der Waals surface area contributed by atoms with E-state index in [0.717, 1.165) is 5.52 Å². The first-order chi connectivity index (χ1) is 9.06. The van der Waals surface area contributed by atoms with Crippen LogP contribution in [0.3, 0.4) is 0 Å². The number of halogens is 2. The van der Waals surface area contributed by atoms with Crippen LogP contribution in [-0.4, -0.2) is 42.0 Å². The molecule has 0 aliphatic carbocycles. The Morgan fingerprint density at radius 2 is 2.26 bits per heavy atom. The van der Waals surface area contributed by atoms with Crippen LogP contribution in [0.4, 0.5) is 14.8 Å². The van der Waals surface area contributed by atoms with Gasteiger partial charge in [0.15, 0.2) is 5.58 Å². The maximum Gasteiger partial charge on any atom is 0.295 e. The number of likely N-dealkylation sites (tertiary alicyclic amines) is 1. The molecule has 19 heavy (non-hydrogen) atoms. The zero-order valence-electron chi connectivity index (χ0n) is 10.6.